The molecule has 2 rings (SSSR count). The maximum Gasteiger partial charge on any atom is 0.335 e. The van der Waals surface area contributed by atoms with Crippen LogP contribution in [0.25, 0.3) is 0 Å². The maximum absolute atomic E-state index is 12.1. The van der Waals surface area contributed by atoms with E-state index in [0.29, 0.717) is 0 Å². The highest BCUT2D eigenvalue weighted by Crippen LogP contribution is 2.16. The standard InChI is InChI=1S/C12H12N2O6S/c1-14-10(15)6-9(11(14)16)13-21(19,20)8-4-2-3-7(5-8)12(17)18/h2-5,9,13H,6H2,1H3,(H,17,18). The van der Waals surface area contributed by atoms with Crippen LogP contribution >= 0.6 is 0 Å². The number of carboxylic acid groups (broad SMARTS) is 1. The van der Waals surface area contributed by atoms with Crippen molar-refractivity contribution in [2.75, 3.05) is 7.05 Å². The number of carboxylic acids is 1. The third-order valence-electron chi connectivity index (χ3n) is 3.07. The Hall–Kier alpha value is -2.26. The Labute approximate surface area is 120 Å². The summed E-state index contributed by atoms with van der Waals surface area (Å²) in [6, 6.07) is 3.56. The average molecular weight is 312 g/mol. The molecule has 9 heteroatoms. The largest absolute Gasteiger partial charge is 0.478 e. The summed E-state index contributed by atoms with van der Waals surface area (Å²) in [5.41, 5.74) is -0.191. The first-order valence-electron chi connectivity index (χ1n) is 5.88. The number of carbonyl (C=O) groups is 3. The summed E-state index contributed by atoms with van der Waals surface area (Å²) >= 11 is 0. The topological polar surface area (TPSA) is 121 Å². The first-order chi connectivity index (χ1) is 9.72. The van der Waals surface area contributed by atoms with E-state index in [1.165, 1.54) is 25.2 Å². The third-order valence-corrected chi connectivity index (χ3v) is 4.54. The maximum atomic E-state index is 12.1. The summed E-state index contributed by atoms with van der Waals surface area (Å²) in [5, 5.41) is 8.85. The van der Waals surface area contributed by atoms with E-state index in [4.69, 9.17) is 5.11 Å². The number of nitrogens with zero attached hydrogens (tertiary/aromatic N) is 1. The Bertz CT molecular complexity index is 727. The van der Waals surface area contributed by atoms with Crippen molar-refractivity contribution in [1.29, 1.82) is 0 Å². The normalized spacial score (nSPS) is 19.1. The number of carbonyl (C=O) groups excluding carboxylic acids is 2. The molecule has 1 aliphatic heterocycles. The zero-order valence-electron chi connectivity index (χ0n) is 10.9. The molecule has 0 saturated carbocycles. The summed E-state index contributed by atoms with van der Waals surface area (Å²) < 4.78 is 26.4. The number of nitrogens with one attached hydrogen (secondary N) is 1. The number of hydrogen-bond acceptors (Lipinski definition) is 5. The molecule has 1 aromatic carbocycles. The molecule has 0 bridgehead atoms. The Balaban J connectivity index is 2.27. The second-order valence-corrected chi connectivity index (χ2v) is 6.22. The molecule has 0 aliphatic carbocycles. The Kier molecular flexibility index (Phi) is 3.79. The van der Waals surface area contributed by atoms with Gasteiger partial charge < -0.3 is 5.11 Å². The number of amides is 2. The molecule has 112 valence electrons. The van der Waals surface area contributed by atoms with Gasteiger partial charge in [-0.25, -0.2) is 13.2 Å². The molecule has 0 spiro atoms. The molecular weight excluding hydrogens is 300 g/mol. The Morgan fingerprint density at radius 2 is 2.05 bits per heavy atom. The first-order valence-corrected chi connectivity index (χ1v) is 7.37. The van der Waals surface area contributed by atoms with Gasteiger partial charge in [-0.15, -0.1) is 0 Å². The van der Waals surface area contributed by atoms with Crippen LogP contribution in [0, 0.1) is 0 Å². The van der Waals surface area contributed by atoms with E-state index in [2.05, 4.69) is 4.72 Å². The molecular formula is C12H12N2O6S. The average Bonchev–Trinajstić information content (AvgIpc) is 2.66. The summed E-state index contributed by atoms with van der Waals surface area (Å²) in [7, 11) is -2.82. The van der Waals surface area contributed by atoms with E-state index in [1.807, 2.05) is 0 Å². The fraction of sp³-hybridized carbons (Fsp3) is 0.250. The molecule has 1 atom stereocenters. The molecule has 8 nitrogen and oxygen atoms in total. The first kappa shape index (κ1) is 15.1. The van der Waals surface area contributed by atoms with E-state index in [9.17, 15) is 22.8 Å². The lowest BCUT2D eigenvalue weighted by Gasteiger charge is -2.12. The van der Waals surface area contributed by atoms with Gasteiger partial charge in [-0.1, -0.05) is 6.07 Å². The van der Waals surface area contributed by atoms with Crippen molar-refractivity contribution >= 4 is 27.8 Å². The number of likely N-dealkylation sites (N-methyl/N-ethyl adjacent to an activating group) is 1. The van der Waals surface area contributed by atoms with Gasteiger partial charge in [-0.05, 0) is 18.2 Å². The number of sulfonamides is 1. The fourth-order valence-electron chi connectivity index (χ4n) is 1.90. The van der Waals surface area contributed by atoms with Crippen molar-refractivity contribution < 1.29 is 27.9 Å². The lowest BCUT2D eigenvalue weighted by atomic mass is 10.2. The van der Waals surface area contributed by atoms with Crippen molar-refractivity contribution in [3.63, 3.8) is 0 Å². The Morgan fingerprint density at radius 1 is 1.38 bits per heavy atom. The number of likely N-dealkylation sites (tertiary alicyclic amines) is 1. The molecule has 0 aromatic heterocycles. The van der Waals surface area contributed by atoms with E-state index in [0.717, 1.165) is 11.0 Å². The van der Waals surface area contributed by atoms with Crippen molar-refractivity contribution in [3.8, 4) is 0 Å². The van der Waals surface area contributed by atoms with Crippen LogP contribution in [-0.2, 0) is 19.6 Å². The van der Waals surface area contributed by atoms with Crippen LogP contribution in [0.2, 0.25) is 0 Å². The van der Waals surface area contributed by atoms with Crippen LogP contribution < -0.4 is 4.72 Å². The van der Waals surface area contributed by atoms with E-state index >= 15 is 0 Å². The molecule has 0 radical (unpaired) electrons. The monoisotopic (exact) mass is 312 g/mol. The molecule has 1 aliphatic rings. The quantitative estimate of drug-likeness (QED) is 0.718. The molecule has 1 fully saturated rings. The molecule has 21 heavy (non-hydrogen) atoms. The third kappa shape index (κ3) is 2.93. The van der Waals surface area contributed by atoms with Crippen molar-refractivity contribution in [1.82, 2.24) is 9.62 Å². The summed E-state index contributed by atoms with van der Waals surface area (Å²) in [5.74, 6) is -2.39. The highest BCUT2D eigenvalue weighted by Gasteiger charge is 2.38. The van der Waals surface area contributed by atoms with Crippen LogP contribution in [0.4, 0.5) is 0 Å². The number of hydrogen-bond donors (Lipinski definition) is 2. The van der Waals surface area contributed by atoms with Crippen molar-refractivity contribution in [3.05, 3.63) is 29.8 Å². The molecule has 1 aromatic rings. The fourth-order valence-corrected chi connectivity index (χ4v) is 3.13. The van der Waals surface area contributed by atoms with Gasteiger partial charge in [-0.2, -0.15) is 4.72 Å². The van der Waals surface area contributed by atoms with E-state index < -0.39 is 33.8 Å². The number of rotatable bonds is 4. The minimum Gasteiger partial charge on any atom is -0.478 e. The second-order valence-electron chi connectivity index (χ2n) is 4.50. The van der Waals surface area contributed by atoms with Crippen LogP contribution in [0.15, 0.2) is 29.2 Å². The number of benzene rings is 1. The number of imide groups is 1. The van der Waals surface area contributed by atoms with Gasteiger partial charge in [0.1, 0.15) is 6.04 Å². The molecule has 1 heterocycles. The molecule has 1 saturated heterocycles. The molecule has 1 unspecified atom stereocenters. The van der Waals surface area contributed by atoms with Gasteiger partial charge in [0, 0.05) is 7.05 Å². The summed E-state index contributed by atoms with van der Waals surface area (Å²) in [6.07, 6.45) is -0.257. The Morgan fingerprint density at radius 3 is 2.57 bits per heavy atom. The summed E-state index contributed by atoms with van der Waals surface area (Å²) in [4.78, 5) is 34.4. The molecule has 2 amide bonds. The molecule has 2 N–H and O–H groups in total. The minimum absolute atomic E-state index is 0.191. The predicted octanol–water partition coefficient (Wildman–Crippen LogP) is -0.580. The predicted molar refractivity (Wildman–Crippen MR) is 69.9 cm³/mol. The zero-order valence-corrected chi connectivity index (χ0v) is 11.8. The van der Waals surface area contributed by atoms with E-state index in [1.54, 1.807) is 0 Å². The lowest BCUT2D eigenvalue weighted by Crippen LogP contribution is -2.40. The van der Waals surface area contributed by atoms with Crippen LogP contribution in [0.3, 0.4) is 0 Å². The van der Waals surface area contributed by atoms with Gasteiger partial charge in [0.05, 0.1) is 16.9 Å². The minimum atomic E-state index is -4.09. The van der Waals surface area contributed by atoms with Gasteiger partial charge in [0.15, 0.2) is 0 Å². The highest BCUT2D eigenvalue weighted by atomic mass is 32.2. The lowest BCUT2D eigenvalue weighted by molar-refractivity contribution is -0.137. The smallest absolute Gasteiger partial charge is 0.335 e. The van der Waals surface area contributed by atoms with Crippen LogP contribution in [-0.4, -0.2) is 49.3 Å². The highest BCUT2D eigenvalue weighted by molar-refractivity contribution is 7.89. The summed E-state index contributed by atoms with van der Waals surface area (Å²) in [6.45, 7) is 0. The number of aromatic carboxylic acids is 1. The van der Waals surface area contributed by atoms with Crippen molar-refractivity contribution in [2.24, 2.45) is 0 Å². The zero-order chi connectivity index (χ0) is 15.8. The van der Waals surface area contributed by atoms with Crippen LogP contribution in [0.1, 0.15) is 16.8 Å². The van der Waals surface area contributed by atoms with Gasteiger partial charge in [0.25, 0.3) is 0 Å². The van der Waals surface area contributed by atoms with Gasteiger partial charge in [0.2, 0.25) is 21.8 Å². The van der Waals surface area contributed by atoms with E-state index in [-0.39, 0.29) is 16.9 Å². The van der Waals surface area contributed by atoms with Gasteiger partial charge >= 0.3 is 5.97 Å². The SMILES string of the molecule is CN1C(=O)CC(NS(=O)(=O)c2cccc(C(=O)O)c2)C1=O. The van der Waals surface area contributed by atoms with Crippen LogP contribution in [0.5, 0.6) is 0 Å². The van der Waals surface area contributed by atoms with Crippen molar-refractivity contribution in [2.45, 2.75) is 17.4 Å². The van der Waals surface area contributed by atoms with Gasteiger partial charge in [-0.3, -0.25) is 14.5 Å². The second kappa shape index (κ2) is 5.26.